The molecule has 0 aliphatic heterocycles. The fourth-order valence-electron chi connectivity index (χ4n) is 1.34. The van der Waals surface area contributed by atoms with E-state index in [1.165, 1.54) is 25.7 Å². The van der Waals surface area contributed by atoms with Crippen LogP contribution in [0.3, 0.4) is 0 Å². The van der Waals surface area contributed by atoms with Crippen LogP contribution in [0.4, 0.5) is 0 Å². The van der Waals surface area contributed by atoms with E-state index in [0.29, 0.717) is 13.2 Å². The molecule has 0 radical (unpaired) electrons. The molecule has 0 spiro atoms. The second-order valence-corrected chi connectivity index (χ2v) is 4.97. The molecule has 16 heavy (non-hydrogen) atoms. The summed E-state index contributed by atoms with van der Waals surface area (Å²) in [7, 11) is -1.87. The zero-order chi connectivity index (χ0) is 12.1. The van der Waals surface area contributed by atoms with Gasteiger partial charge in [0.25, 0.3) is 0 Å². The lowest BCUT2D eigenvalue weighted by atomic mass is 10.1. The van der Waals surface area contributed by atoms with E-state index in [1.54, 1.807) is 0 Å². The van der Waals surface area contributed by atoms with E-state index >= 15 is 0 Å². The van der Waals surface area contributed by atoms with Gasteiger partial charge in [0, 0.05) is 4.57 Å². The molecule has 4 heteroatoms. The van der Waals surface area contributed by atoms with Crippen LogP contribution in [0.5, 0.6) is 0 Å². The average molecular weight is 249 g/mol. The van der Waals surface area contributed by atoms with E-state index in [0.717, 1.165) is 25.7 Å². The Labute approximate surface area is 101 Å². The molecule has 0 aromatic heterocycles. The first-order valence-corrected chi connectivity index (χ1v) is 7.63. The van der Waals surface area contributed by atoms with Gasteiger partial charge < -0.3 is 0 Å². The summed E-state index contributed by atoms with van der Waals surface area (Å²) in [6.07, 6.45) is 9.30. The summed E-state index contributed by atoms with van der Waals surface area (Å²) >= 11 is 0. The third kappa shape index (κ3) is 12.1. The zero-order valence-corrected chi connectivity index (χ0v) is 11.6. The maximum atomic E-state index is 11.2. The van der Waals surface area contributed by atoms with Gasteiger partial charge >= 0.3 is 8.25 Å². The Hall–Kier alpha value is 0.0200. The number of hydrogen-bond donors (Lipinski definition) is 0. The van der Waals surface area contributed by atoms with Gasteiger partial charge in [0.1, 0.15) is 13.2 Å². The molecule has 96 valence electrons. The molecule has 0 heterocycles. The highest BCUT2D eigenvalue weighted by Gasteiger charge is 2.18. The smallest absolute Gasteiger partial charge is 0.119 e. The monoisotopic (exact) mass is 249 g/mol. The van der Waals surface area contributed by atoms with Crippen LogP contribution in [0.25, 0.3) is 0 Å². The third-order valence-corrected chi connectivity index (χ3v) is 3.18. The summed E-state index contributed by atoms with van der Waals surface area (Å²) in [4.78, 5) is 0. The molecule has 1 unspecified atom stereocenters. The first kappa shape index (κ1) is 16.0. The maximum Gasteiger partial charge on any atom is 0.697 e. The van der Waals surface area contributed by atoms with E-state index in [-0.39, 0.29) is 0 Å². The largest absolute Gasteiger partial charge is 0.697 e. The predicted octanol–water partition coefficient (Wildman–Crippen LogP) is 4.84. The summed E-state index contributed by atoms with van der Waals surface area (Å²) in [5.41, 5.74) is 0. The van der Waals surface area contributed by atoms with Crippen LogP contribution in [0.1, 0.15) is 65.2 Å². The summed E-state index contributed by atoms with van der Waals surface area (Å²) in [6, 6.07) is 0. The van der Waals surface area contributed by atoms with Crippen molar-refractivity contribution in [3.63, 3.8) is 0 Å². The molecule has 0 aliphatic rings. The van der Waals surface area contributed by atoms with Crippen molar-refractivity contribution in [3.05, 3.63) is 0 Å². The second kappa shape index (κ2) is 13.1. The van der Waals surface area contributed by atoms with E-state index in [9.17, 15) is 4.57 Å². The number of unbranched alkanes of at least 4 members (excludes halogenated alkanes) is 6. The van der Waals surface area contributed by atoms with Gasteiger partial charge in [0.15, 0.2) is 0 Å². The molecule has 0 saturated carbocycles. The summed E-state index contributed by atoms with van der Waals surface area (Å²) < 4.78 is 21.3. The molecule has 0 aliphatic carbocycles. The Balaban J connectivity index is 3.09. The molecule has 0 rings (SSSR count). The molecule has 1 atom stereocenters. The predicted molar refractivity (Wildman–Crippen MR) is 67.8 cm³/mol. The van der Waals surface area contributed by atoms with Crippen LogP contribution < -0.4 is 0 Å². The van der Waals surface area contributed by atoms with Gasteiger partial charge in [-0.1, -0.05) is 52.4 Å². The summed E-state index contributed by atoms with van der Waals surface area (Å²) in [6.45, 7) is 5.39. The van der Waals surface area contributed by atoms with Crippen molar-refractivity contribution < 1.29 is 13.6 Å². The van der Waals surface area contributed by atoms with Gasteiger partial charge in [0.05, 0.1) is 0 Å². The standard InChI is InChI=1S/C12H26O3P/c1-3-5-7-8-9-10-12-15-16(13)14-11-6-4-2/h3-12H2,1-2H3/q+1. The van der Waals surface area contributed by atoms with Crippen molar-refractivity contribution >= 4 is 8.25 Å². The van der Waals surface area contributed by atoms with E-state index < -0.39 is 8.25 Å². The van der Waals surface area contributed by atoms with Gasteiger partial charge in [-0.25, -0.2) is 0 Å². The Morgan fingerprint density at radius 2 is 1.25 bits per heavy atom. The Bertz CT molecular complexity index is 162. The molecule has 0 aromatic rings. The molecule has 0 aromatic carbocycles. The topological polar surface area (TPSA) is 35.5 Å². The fourth-order valence-corrected chi connectivity index (χ4v) is 1.97. The SMILES string of the molecule is CCCCCCCCO[P+](=O)OCCCC. The minimum absolute atomic E-state index is 0.544. The Kier molecular flexibility index (Phi) is 13.1. The zero-order valence-electron chi connectivity index (χ0n) is 10.7. The summed E-state index contributed by atoms with van der Waals surface area (Å²) in [5.74, 6) is 0. The molecule has 0 N–H and O–H groups in total. The first-order valence-electron chi connectivity index (χ1n) is 6.54. The molecular formula is C12H26O3P+. The Morgan fingerprint density at radius 1 is 0.750 bits per heavy atom. The normalized spacial score (nSPS) is 11.8. The van der Waals surface area contributed by atoms with E-state index in [2.05, 4.69) is 13.8 Å². The van der Waals surface area contributed by atoms with Crippen LogP contribution in [-0.2, 0) is 13.6 Å². The lowest BCUT2D eigenvalue weighted by Gasteiger charge is -1.97. The molecule has 3 nitrogen and oxygen atoms in total. The fraction of sp³-hybridized carbons (Fsp3) is 1.00. The molecule has 0 amide bonds. The molecule has 0 fully saturated rings. The van der Waals surface area contributed by atoms with E-state index in [4.69, 9.17) is 9.05 Å². The van der Waals surface area contributed by atoms with Gasteiger partial charge in [-0.2, -0.15) is 0 Å². The van der Waals surface area contributed by atoms with Crippen molar-refractivity contribution in [1.82, 2.24) is 0 Å². The minimum atomic E-state index is -1.87. The van der Waals surface area contributed by atoms with Gasteiger partial charge in [0.2, 0.25) is 0 Å². The molecule has 0 bridgehead atoms. The van der Waals surface area contributed by atoms with Crippen LogP contribution in [0.15, 0.2) is 0 Å². The second-order valence-electron chi connectivity index (χ2n) is 4.01. The highest BCUT2D eigenvalue weighted by molar-refractivity contribution is 7.33. The highest BCUT2D eigenvalue weighted by atomic mass is 31.1. The minimum Gasteiger partial charge on any atom is -0.119 e. The van der Waals surface area contributed by atoms with Gasteiger partial charge in [-0.05, 0) is 12.8 Å². The van der Waals surface area contributed by atoms with Crippen LogP contribution in [0.2, 0.25) is 0 Å². The van der Waals surface area contributed by atoms with Crippen LogP contribution >= 0.6 is 8.25 Å². The average Bonchev–Trinajstić information content (AvgIpc) is 2.28. The van der Waals surface area contributed by atoms with Crippen molar-refractivity contribution in [2.45, 2.75) is 65.2 Å². The summed E-state index contributed by atoms with van der Waals surface area (Å²) in [5, 5.41) is 0. The van der Waals surface area contributed by atoms with Crippen molar-refractivity contribution in [2.24, 2.45) is 0 Å². The Morgan fingerprint density at radius 3 is 1.88 bits per heavy atom. The van der Waals surface area contributed by atoms with Gasteiger partial charge in [-0.15, -0.1) is 9.05 Å². The van der Waals surface area contributed by atoms with Gasteiger partial charge in [-0.3, -0.25) is 0 Å². The highest BCUT2D eigenvalue weighted by Crippen LogP contribution is 2.24. The van der Waals surface area contributed by atoms with Crippen LogP contribution in [-0.4, -0.2) is 13.2 Å². The van der Waals surface area contributed by atoms with Crippen molar-refractivity contribution in [3.8, 4) is 0 Å². The quantitative estimate of drug-likeness (QED) is 0.367. The third-order valence-electron chi connectivity index (χ3n) is 2.39. The van der Waals surface area contributed by atoms with Crippen molar-refractivity contribution in [2.75, 3.05) is 13.2 Å². The lowest BCUT2D eigenvalue weighted by Crippen LogP contribution is -1.91. The first-order chi connectivity index (χ1) is 7.81. The van der Waals surface area contributed by atoms with E-state index in [1.807, 2.05) is 0 Å². The van der Waals surface area contributed by atoms with Crippen LogP contribution in [0, 0.1) is 0 Å². The molecular weight excluding hydrogens is 223 g/mol. The number of hydrogen-bond acceptors (Lipinski definition) is 3. The van der Waals surface area contributed by atoms with Crippen molar-refractivity contribution in [1.29, 1.82) is 0 Å². The molecule has 0 saturated heterocycles. The maximum absolute atomic E-state index is 11.2. The number of rotatable bonds is 12. The lowest BCUT2D eigenvalue weighted by molar-refractivity contribution is 0.219.